The number of rotatable bonds is 5. The van der Waals surface area contributed by atoms with Crippen LogP contribution in [0.15, 0.2) is 0 Å². The van der Waals surface area contributed by atoms with Gasteiger partial charge in [-0.3, -0.25) is 4.79 Å². The fourth-order valence-corrected chi connectivity index (χ4v) is 4.55. The van der Waals surface area contributed by atoms with E-state index in [0.29, 0.717) is 12.2 Å². The monoisotopic (exact) mass is 358 g/mol. The zero-order valence-corrected chi connectivity index (χ0v) is 15.8. The Kier molecular flexibility index (Phi) is 6.07. The molecule has 2 aliphatic rings. The molecule has 6 nitrogen and oxygen atoms in total. The molecular formula is C17H30N2O4S. The van der Waals surface area contributed by atoms with Crippen LogP contribution in [0.4, 0.5) is 4.79 Å². The minimum absolute atomic E-state index is 0.0682. The van der Waals surface area contributed by atoms with Gasteiger partial charge in [0.05, 0.1) is 11.0 Å². The van der Waals surface area contributed by atoms with Crippen LogP contribution in [0.3, 0.4) is 0 Å². The van der Waals surface area contributed by atoms with E-state index >= 15 is 0 Å². The second kappa shape index (κ2) is 7.52. The van der Waals surface area contributed by atoms with E-state index in [9.17, 15) is 14.7 Å². The van der Waals surface area contributed by atoms with Crippen LogP contribution in [0, 0.1) is 5.41 Å². The fraction of sp³-hybridized carbons (Fsp3) is 0.882. The van der Waals surface area contributed by atoms with Gasteiger partial charge in [-0.1, -0.05) is 12.8 Å². The van der Waals surface area contributed by atoms with Crippen molar-refractivity contribution >= 4 is 23.8 Å². The number of thioether (sulfide) groups is 1. The Hall–Kier alpha value is -0.950. The van der Waals surface area contributed by atoms with E-state index in [-0.39, 0.29) is 19.0 Å². The Balaban J connectivity index is 1.89. The van der Waals surface area contributed by atoms with Gasteiger partial charge in [-0.05, 0) is 45.8 Å². The van der Waals surface area contributed by atoms with Crippen molar-refractivity contribution in [2.24, 2.45) is 5.41 Å². The molecule has 0 aromatic carbocycles. The van der Waals surface area contributed by atoms with E-state index in [4.69, 9.17) is 4.74 Å². The van der Waals surface area contributed by atoms with Gasteiger partial charge in [0.2, 0.25) is 5.91 Å². The lowest BCUT2D eigenvalue weighted by Gasteiger charge is -2.30. The van der Waals surface area contributed by atoms with Gasteiger partial charge >= 0.3 is 6.09 Å². The molecule has 2 fully saturated rings. The van der Waals surface area contributed by atoms with Crippen molar-refractivity contribution in [2.45, 2.75) is 64.1 Å². The third-order valence-electron chi connectivity index (χ3n) is 4.67. The summed E-state index contributed by atoms with van der Waals surface area (Å²) < 4.78 is 5.26. The summed E-state index contributed by atoms with van der Waals surface area (Å²) >= 11 is 1.71. The summed E-state index contributed by atoms with van der Waals surface area (Å²) in [4.78, 5) is 24.6. The first-order valence-electron chi connectivity index (χ1n) is 8.70. The van der Waals surface area contributed by atoms with Gasteiger partial charge in [-0.15, -0.1) is 0 Å². The van der Waals surface area contributed by atoms with E-state index in [1.807, 2.05) is 20.8 Å². The predicted molar refractivity (Wildman–Crippen MR) is 95.0 cm³/mol. The number of carbonyl (C=O) groups excluding carboxylic acids is 2. The smallest absolute Gasteiger partial charge is 0.407 e. The molecule has 0 bridgehead atoms. The van der Waals surface area contributed by atoms with Crippen molar-refractivity contribution in [1.82, 2.24) is 10.6 Å². The molecule has 0 radical (unpaired) electrons. The van der Waals surface area contributed by atoms with Crippen LogP contribution in [0.5, 0.6) is 0 Å². The number of hydrogen-bond donors (Lipinski definition) is 3. The maximum atomic E-state index is 12.7. The molecule has 1 heterocycles. The van der Waals surface area contributed by atoms with E-state index in [2.05, 4.69) is 10.6 Å². The van der Waals surface area contributed by atoms with Crippen LogP contribution >= 0.6 is 11.8 Å². The number of nitrogens with one attached hydrogen (secondary N) is 2. The van der Waals surface area contributed by atoms with Crippen LogP contribution in [-0.4, -0.2) is 52.9 Å². The van der Waals surface area contributed by atoms with Gasteiger partial charge in [-0.25, -0.2) is 4.79 Å². The van der Waals surface area contributed by atoms with Gasteiger partial charge in [-0.2, -0.15) is 11.8 Å². The predicted octanol–water partition coefficient (Wildman–Crippen LogP) is 2.06. The van der Waals surface area contributed by atoms with Crippen molar-refractivity contribution in [3.8, 4) is 0 Å². The first-order valence-corrected chi connectivity index (χ1v) is 9.85. The van der Waals surface area contributed by atoms with E-state index in [1.165, 1.54) is 0 Å². The van der Waals surface area contributed by atoms with Crippen molar-refractivity contribution < 1.29 is 19.4 Å². The number of ether oxygens (including phenoxy) is 1. The highest BCUT2D eigenvalue weighted by molar-refractivity contribution is 7.99. The molecule has 1 aliphatic heterocycles. The fourth-order valence-electron chi connectivity index (χ4n) is 3.26. The lowest BCUT2D eigenvalue weighted by Crippen LogP contribution is -2.51. The Morgan fingerprint density at radius 1 is 1.12 bits per heavy atom. The molecule has 7 heteroatoms. The average Bonchev–Trinajstić information content (AvgIpc) is 3.11. The van der Waals surface area contributed by atoms with Crippen LogP contribution in [0.25, 0.3) is 0 Å². The molecule has 1 saturated heterocycles. The number of aliphatic hydroxyl groups is 1. The molecule has 2 amide bonds. The number of alkyl carbamates (subject to hydrolysis) is 1. The Bertz CT molecular complexity index is 464. The largest absolute Gasteiger partial charge is 0.444 e. The molecule has 1 saturated carbocycles. The maximum Gasteiger partial charge on any atom is 0.407 e. The second-order valence-corrected chi connectivity index (χ2v) is 9.16. The lowest BCUT2D eigenvalue weighted by molar-refractivity contribution is -0.131. The van der Waals surface area contributed by atoms with Gasteiger partial charge in [0.25, 0.3) is 0 Å². The normalized spacial score (nSPS) is 26.2. The van der Waals surface area contributed by atoms with E-state index in [0.717, 1.165) is 31.4 Å². The molecule has 0 unspecified atom stereocenters. The number of amides is 2. The van der Waals surface area contributed by atoms with Crippen molar-refractivity contribution in [2.75, 3.05) is 24.6 Å². The van der Waals surface area contributed by atoms with Gasteiger partial charge in [0.1, 0.15) is 5.60 Å². The average molecular weight is 359 g/mol. The molecule has 2 rings (SSSR count). The zero-order chi connectivity index (χ0) is 17.8. The molecule has 0 aromatic rings. The third-order valence-corrected chi connectivity index (χ3v) is 5.91. The van der Waals surface area contributed by atoms with E-state index in [1.54, 1.807) is 11.8 Å². The van der Waals surface area contributed by atoms with Crippen molar-refractivity contribution in [1.29, 1.82) is 0 Å². The first kappa shape index (κ1) is 19.4. The Morgan fingerprint density at radius 3 is 2.33 bits per heavy atom. The van der Waals surface area contributed by atoms with Crippen LogP contribution in [-0.2, 0) is 9.53 Å². The summed E-state index contributed by atoms with van der Waals surface area (Å²) in [5.74, 6) is 1.52. The summed E-state index contributed by atoms with van der Waals surface area (Å²) in [7, 11) is 0. The number of carbonyl (C=O) groups is 2. The number of hydrogen-bond acceptors (Lipinski definition) is 5. The molecule has 0 aromatic heterocycles. The summed E-state index contributed by atoms with van der Waals surface area (Å²) in [6.07, 6.45) is 3.67. The molecule has 1 atom stereocenters. The highest BCUT2D eigenvalue weighted by Crippen LogP contribution is 2.38. The minimum Gasteiger partial charge on any atom is -0.444 e. The summed E-state index contributed by atoms with van der Waals surface area (Å²) in [6, 6.07) is 0. The standard InChI is InChI=1S/C17H30N2O4S/c1-15(2,3)23-14(21)19-10-16(6-4-5-7-16)13(20)18-11-17(22)8-9-24-12-17/h22H,4-12H2,1-3H3,(H,18,20)(H,19,21)/t17-/m0/s1. The molecule has 0 spiro atoms. The summed E-state index contributed by atoms with van der Waals surface area (Å²) in [5.41, 5.74) is -1.93. The van der Waals surface area contributed by atoms with Gasteiger partial charge in [0, 0.05) is 18.8 Å². The maximum absolute atomic E-state index is 12.7. The van der Waals surface area contributed by atoms with Crippen LogP contribution < -0.4 is 10.6 Å². The van der Waals surface area contributed by atoms with Gasteiger partial charge in [0.15, 0.2) is 0 Å². The topological polar surface area (TPSA) is 87.7 Å². The SMILES string of the molecule is CC(C)(C)OC(=O)NCC1(C(=O)NC[C@@]2(O)CCSC2)CCCC1. The lowest BCUT2D eigenvalue weighted by atomic mass is 9.84. The molecule has 3 N–H and O–H groups in total. The van der Waals surface area contributed by atoms with Gasteiger partial charge < -0.3 is 20.5 Å². The molecule has 1 aliphatic carbocycles. The highest BCUT2D eigenvalue weighted by Gasteiger charge is 2.43. The van der Waals surface area contributed by atoms with Crippen LogP contribution in [0.2, 0.25) is 0 Å². The first-order chi connectivity index (χ1) is 11.1. The molecular weight excluding hydrogens is 328 g/mol. The summed E-state index contributed by atoms with van der Waals surface area (Å²) in [5, 5.41) is 16.1. The molecule has 24 heavy (non-hydrogen) atoms. The molecule has 138 valence electrons. The van der Waals surface area contributed by atoms with E-state index < -0.39 is 22.7 Å². The quantitative estimate of drug-likeness (QED) is 0.700. The van der Waals surface area contributed by atoms with Crippen LogP contribution in [0.1, 0.15) is 52.9 Å². The second-order valence-electron chi connectivity index (χ2n) is 8.05. The Morgan fingerprint density at radius 2 is 1.79 bits per heavy atom. The summed E-state index contributed by atoms with van der Waals surface area (Å²) in [6.45, 7) is 5.99. The minimum atomic E-state index is -0.793. The van der Waals surface area contributed by atoms with Crippen molar-refractivity contribution in [3.63, 3.8) is 0 Å². The third kappa shape index (κ3) is 5.28. The highest BCUT2D eigenvalue weighted by atomic mass is 32.2. The Labute approximate surface area is 148 Å². The zero-order valence-electron chi connectivity index (χ0n) is 14.9. The van der Waals surface area contributed by atoms with Crippen molar-refractivity contribution in [3.05, 3.63) is 0 Å².